The lowest BCUT2D eigenvalue weighted by Gasteiger charge is -2.06. The molecule has 1 atom stereocenters. The minimum atomic E-state index is -4.41. The van der Waals surface area contributed by atoms with Crippen molar-refractivity contribution < 1.29 is 21.8 Å². The smallest absolute Gasteiger partial charge is 0.255 e. The molecule has 1 nitrogen and oxygen atoms in total. The lowest BCUT2D eigenvalue weighted by Crippen LogP contribution is -2.04. The highest BCUT2D eigenvalue weighted by molar-refractivity contribution is 7.87. The molecule has 0 aliphatic rings. The van der Waals surface area contributed by atoms with E-state index in [2.05, 4.69) is 0 Å². The van der Waals surface area contributed by atoms with Crippen LogP contribution in [0.15, 0.2) is 53.9 Å². The maximum atomic E-state index is 12.7. The van der Waals surface area contributed by atoms with Crippen LogP contribution < -0.4 is 0 Å². The van der Waals surface area contributed by atoms with Crippen molar-refractivity contribution in [1.82, 2.24) is 0 Å². The van der Waals surface area contributed by atoms with Gasteiger partial charge in [-0.25, -0.2) is 4.39 Å². The average Bonchev–Trinajstić information content (AvgIpc) is 2.47. The second-order valence-corrected chi connectivity index (χ2v) is 5.90. The van der Waals surface area contributed by atoms with Crippen LogP contribution in [0.4, 0.5) is 17.6 Å². The Labute approximate surface area is 127 Å². The highest BCUT2D eigenvalue weighted by Gasteiger charge is 2.30. The molecular formula is C16H12F4OS. The Balaban J connectivity index is 2.05. The van der Waals surface area contributed by atoms with Gasteiger partial charge in [-0.2, -0.15) is 13.2 Å². The molecule has 1 unspecified atom stereocenters. The van der Waals surface area contributed by atoms with Crippen molar-refractivity contribution in [3.05, 3.63) is 76.4 Å². The molecule has 2 rings (SSSR count). The third-order valence-corrected chi connectivity index (χ3v) is 3.91. The molecule has 0 N–H and O–H groups in total. The van der Waals surface area contributed by atoms with E-state index in [1.165, 1.54) is 47.9 Å². The summed E-state index contributed by atoms with van der Waals surface area (Å²) >= 11 is 0. The summed E-state index contributed by atoms with van der Waals surface area (Å²) in [5, 5.41) is 1.33. The van der Waals surface area contributed by atoms with Crippen molar-refractivity contribution in [3.8, 4) is 0 Å². The van der Waals surface area contributed by atoms with Crippen molar-refractivity contribution >= 4 is 16.9 Å². The van der Waals surface area contributed by atoms with Gasteiger partial charge in [0.15, 0.2) is 0 Å². The third kappa shape index (κ3) is 4.80. The van der Waals surface area contributed by atoms with Gasteiger partial charge in [0.25, 0.3) is 0 Å². The van der Waals surface area contributed by atoms with Gasteiger partial charge in [0, 0.05) is 5.41 Å². The molecule has 0 saturated heterocycles. The maximum Gasteiger partial charge on any atom is 0.416 e. The Morgan fingerprint density at radius 3 is 2.36 bits per heavy atom. The Morgan fingerprint density at radius 2 is 1.73 bits per heavy atom. The van der Waals surface area contributed by atoms with E-state index in [0.717, 1.165) is 12.1 Å². The van der Waals surface area contributed by atoms with E-state index in [-0.39, 0.29) is 11.6 Å². The van der Waals surface area contributed by atoms with Crippen LogP contribution in [0.3, 0.4) is 0 Å². The monoisotopic (exact) mass is 328 g/mol. The Bertz CT molecular complexity index is 690. The number of hydrogen-bond donors (Lipinski definition) is 0. The van der Waals surface area contributed by atoms with E-state index in [0.29, 0.717) is 11.1 Å². The molecule has 0 heterocycles. The average molecular weight is 328 g/mol. The van der Waals surface area contributed by atoms with E-state index >= 15 is 0 Å². The van der Waals surface area contributed by atoms with Crippen LogP contribution in [0.5, 0.6) is 0 Å². The second-order valence-electron chi connectivity index (χ2n) is 4.58. The summed E-state index contributed by atoms with van der Waals surface area (Å²) in [5.74, 6) is -0.204. The summed E-state index contributed by atoms with van der Waals surface area (Å²) in [6, 6.07) is 10.3. The Morgan fingerprint density at radius 1 is 1.05 bits per heavy atom. The zero-order chi connectivity index (χ0) is 16.2. The zero-order valence-electron chi connectivity index (χ0n) is 11.3. The van der Waals surface area contributed by atoms with Crippen LogP contribution in [0.2, 0.25) is 0 Å². The molecule has 0 aromatic heterocycles. The van der Waals surface area contributed by atoms with Gasteiger partial charge in [-0.3, -0.25) is 4.21 Å². The second kappa shape index (κ2) is 6.87. The summed E-state index contributed by atoms with van der Waals surface area (Å²) in [5.41, 5.74) is 0.259. The van der Waals surface area contributed by atoms with Crippen LogP contribution in [0.25, 0.3) is 6.08 Å². The summed E-state index contributed by atoms with van der Waals surface area (Å²) < 4.78 is 62.3. The lowest BCUT2D eigenvalue weighted by atomic mass is 10.1. The minimum Gasteiger partial charge on any atom is -0.255 e. The number of halogens is 4. The topological polar surface area (TPSA) is 17.1 Å². The van der Waals surface area contributed by atoms with Crippen LogP contribution >= 0.6 is 0 Å². The molecule has 6 heteroatoms. The SMILES string of the molecule is O=S(/C=C/c1cccc(C(F)(F)F)c1)Cc1ccc(F)cc1. The lowest BCUT2D eigenvalue weighted by molar-refractivity contribution is -0.137. The van der Waals surface area contributed by atoms with Crippen molar-refractivity contribution in [3.63, 3.8) is 0 Å². The number of alkyl halides is 3. The van der Waals surface area contributed by atoms with Gasteiger partial charge in [0.05, 0.1) is 22.1 Å². The number of hydrogen-bond acceptors (Lipinski definition) is 1. The molecule has 0 radical (unpaired) electrons. The fourth-order valence-corrected chi connectivity index (χ4v) is 2.69. The van der Waals surface area contributed by atoms with Gasteiger partial charge in [-0.15, -0.1) is 0 Å². The minimum absolute atomic E-state index is 0.176. The normalized spacial score (nSPS) is 13.5. The first-order valence-electron chi connectivity index (χ1n) is 6.32. The molecule has 0 spiro atoms. The van der Waals surface area contributed by atoms with E-state index < -0.39 is 22.5 Å². The van der Waals surface area contributed by atoms with Gasteiger partial charge in [-0.05, 0) is 41.5 Å². The molecule has 0 saturated carbocycles. The zero-order valence-corrected chi connectivity index (χ0v) is 12.1. The van der Waals surface area contributed by atoms with E-state index in [1.807, 2.05) is 0 Å². The maximum absolute atomic E-state index is 12.7. The summed E-state index contributed by atoms with van der Waals surface area (Å²) in [6.07, 6.45) is -3.02. The molecule has 0 fully saturated rings. The highest BCUT2D eigenvalue weighted by Crippen LogP contribution is 2.29. The van der Waals surface area contributed by atoms with Crippen molar-refractivity contribution in [2.75, 3.05) is 0 Å². The van der Waals surface area contributed by atoms with Crippen LogP contribution in [0.1, 0.15) is 16.7 Å². The summed E-state index contributed by atoms with van der Waals surface area (Å²) in [6.45, 7) is 0. The first kappa shape index (κ1) is 16.4. The van der Waals surface area contributed by atoms with Gasteiger partial charge in [0.1, 0.15) is 5.82 Å². The number of benzene rings is 2. The van der Waals surface area contributed by atoms with E-state index in [1.54, 1.807) is 0 Å². The third-order valence-electron chi connectivity index (χ3n) is 2.85. The standard InChI is InChI=1S/C16H12F4OS/c17-15-6-4-13(5-7-15)11-22(21)9-8-12-2-1-3-14(10-12)16(18,19)20/h1-10H,11H2/b9-8+. The summed E-state index contributed by atoms with van der Waals surface area (Å²) in [4.78, 5) is 0. The Hall–Kier alpha value is -1.95. The van der Waals surface area contributed by atoms with Crippen LogP contribution in [-0.2, 0) is 22.7 Å². The molecular weight excluding hydrogens is 316 g/mol. The predicted octanol–water partition coefficient (Wildman–Crippen LogP) is 4.76. The molecule has 0 aliphatic heterocycles. The molecule has 0 bridgehead atoms. The van der Waals surface area contributed by atoms with Gasteiger partial charge < -0.3 is 0 Å². The van der Waals surface area contributed by atoms with E-state index in [9.17, 15) is 21.8 Å². The molecule has 2 aromatic rings. The van der Waals surface area contributed by atoms with Crippen molar-refractivity contribution in [2.24, 2.45) is 0 Å². The molecule has 0 amide bonds. The summed E-state index contributed by atoms with van der Waals surface area (Å²) in [7, 11) is -1.39. The molecule has 22 heavy (non-hydrogen) atoms. The van der Waals surface area contributed by atoms with Gasteiger partial charge in [-0.1, -0.05) is 24.3 Å². The van der Waals surface area contributed by atoms with Crippen LogP contribution in [-0.4, -0.2) is 4.21 Å². The first-order valence-corrected chi connectivity index (χ1v) is 7.70. The molecule has 2 aromatic carbocycles. The Kier molecular flexibility index (Phi) is 5.13. The molecule has 116 valence electrons. The van der Waals surface area contributed by atoms with Gasteiger partial charge >= 0.3 is 6.18 Å². The first-order chi connectivity index (χ1) is 10.3. The van der Waals surface area contributed by atoms with E-state index in [4.69, 9.17) is 0 Å². The van der Waals surface area contributed by atoms with Gasteiger partial charge in [0.2, 0.25) is 0 Å². The fraction of sp³-hybridized carbons (Fsp3) is 0.125. The molecule has 0 aliphatic carbocycles. The van der Waals surface area contributed by atoms with Crippen molar-refractivity contribution in [1.29, 1.82) is 0 Å². The number of rotatable bonds is 4. The highest BCUT2D eigenvalue weighted by atomic mass is 32.2. The van der Waals surface area contributed by atoms with Crippen molar-refractivity contribution in [2.45, 2.75) is 11.9 Å². The fourth-order valence-electron chi connectivity index (χ4n) is 1.77. The largest absolute Gasteiger partial charge is 0.416 e. The quantitative estimate of drug-likeness (QED) is 0.739. The predicted molar refractivity (Wildman–Crippen MR) is 78.7 cm³/mol. The van der Waals surface area contributed by atoms with Crippen LogP contribution in [0, 0.1) is 5.82 Å².